The van der Waals surface area contributed by atoms with Crippen molar-refractivity contribution in [2.45, 2.75) is 19.0 Å². The molecule has 0 bridgehead atoms. The molecule has 3 atom stereocenters. The zero-order valence-corrected chi connectivity index (χ0v) is 8.13. The van der Waals surface area contributed by atoms with Crippen LogP contribution in [0.15, 0.2) is 0 Å². The molecule has 0 radical (unpaired) electrons. The van der Waals surface area contributed by atoms with E-state index in [0.29, 0.717) is 12.3 Å². The number of likely N-dealkylation sites (tertiary alicyclic amines) is 1. The molecule has 70 valence electrons. The number of β-lactam (4-membered cyclic amide) rings is 1. The summed E-state index contributed by atoms with van der Waals surface area (Å²) in [7, 11) is -0.845. The molecule has 1 heterocycles. The van der Waals surface area contributed by atoms with E-state index in [1.807, 2.05) is 6.92 Å². The van der Waals surface area contributed by atoms with Gasteiger partial charge in [-0.3, -0.25) is 9.00 Å². The second-order valence-corrected chi connectivity index (χ2v) is 4.67. The van der Waals surface area contributed by atoms with E-state index in [1.54, 1.807) is 11.2 Å². The molecule has 5 heteroatoms. The molecule has 2 N–H and O–H groups in total. The van der Waals surface area contributed by atoms with E-state index >= 15 is 0 Å². The maximum absolute atomic E-state index is 11.1. The molecule has 0 aromatic carbocycles. The predicted octanol–water partition coefficient (Wildman–Crippen LogP) is -1.08. The van der Waals surface area contributed by atoms with Crippen LogP contribution in [0.3, 0.4) is 0 Å². The van der Waals surface area contributed by atoms with Crippen molar-refractivity contribution in [1.82, 2.24) is 4.90 Å². The van der Waals surface area contributed by atoms with Crippen molar-refractivity contribution < 1.29 is 9.00 Å². The number of rotatable bonds is 3. The van der Waals surface area contributed by atoms with Gasteiger partial charge in [-0.05, 0) is 6.92 Å². The fourth-order valence-corrected chi connectivity index (χ4v) is 2.17. The van der Waals surface area contributed by atoms with Crippen molar-refractivity contribution in [3.8, 4) is 0 Å². The normalized spacial score (nSPS) is 28.1. The summed E-state index contributed by atoms with van der Waals surface area (Å²) in [6.07, 6.45) is 1.64. The molecular formula is C7H14N2O2S. The summed E-state index contributed by atoms with van der Waals surface area (Å²) in [4.78, 5) is 12.8. The standard InChI is InChI=1S/C7H14N2O2S/c1-5(4-12(2)11)9-3-6(8)7(9)10/h5-6H,3-4,8H2,1-2H3. The quantitative estimate of drug-likeness (QED) is 0.576. The lowest BCUT2D eigenvalue weighted by Crippen LogP contribution is -2.64. The minimum Gasteiger partial charge on any atom is -0.336 e. The van der Waals surface area contributed by atoms with E-state index < -0.39 is 10.8 Å². The van der Waals surface area contributed by atoms with Crippen LogP contribution in [-0.2, 0) is 15.6 Å². The number of carbonyl (C=O) groups excluding carboxylic acids is 1. The Kier molecular flexibility index (Phi) is 2.85. The molecule has 1 aliphatic rings. The topological polar surface area (TPSA) is 63.4 Å². The zero-order valence-electron chi connectivity index (χ0n) is 7.32. The molecule has 0 spiro atoms. The first-order valence-electron chi connectivity index (χ1n) is 3.88. The first-order valence-corrected chi connectivity index (χ1v) is 5.61. The monoisotopic (exact) mass is 190 g/mol. The molecule has 1 saturated heterocycles. The van der Waals surface area contributed by atoms with Gasteiger partial charge >= 0.3 is 0 Å². The van der Waals surface area contributed by atoms with Gasteiger partial charge < -0.3 is 10.6 Å². The molecule has 1 rings (SSSR count). The van der Waals surface area contributed by atoms with Crippen molar-refractivity contribution in [3.05, 3.63) is 0 Å². The minimum atomic E-state index is -0.845. The second-order valence-electron chi connectivity index (χ2n) is 3.19. The molecule has 0 aromatic heterocycles. The van der Waals surface area contributed by atoms with Crippen LogP contribution >= 0.6 is 0 Å². The van der Waals surface area contributed by atoms with Gasteiger partial charge in [0.15, 0.2) is 0 Å². The smallest absolute Gasteiger partial charge is 0.241 e. The van der Waals surface area contributed by atoms with Crippen molar-refractivity contribution in [2.24, 2.45) is 5.73 Å². The summed E-state index contributed by atoms with van der Waals surface area (Å²) in [6, 6.07) is -0.263. The molecule has 1 aliphatic heterocycles. The van der Waals surface area contributed by atoms with Gasteiger partial charge in [0.25, 0.3) is 0 Å². The lowest BCUT2D eigenvalue weighted by molar-refractivity contribution is -0.144. The Balaban J connectivity index is 2.40. The van der Waals surface area contributed by atoms with Crippen LogP contribution in [-0.4, -0.2) is 45.7 Å². The fourth-order valence-electron chi connectivity index (χ4n) is 1.31. The first kappa shape index (κ1) is 9.67. The van der Waals surface area contributed by atoms with Crippen molar-refractivity contribution >= 4 is 16.7 Å². The van der Waals surface area contributed by atoms with Gasteiger partial charge in [0.2, 0.25) is 5.91 Å². The molecule has 0 aliphatic carbocycles. The average Bonchev–Trinajstić information content (AvgIpc) is 1.97. The van der Waals surface area contributed by atoms with E-state index in [-0.39, 0.29) is 18.0 Å². The number of hydrogen-bond donors (Lipinski definition) is 1. The summed E-state index contributed by atoms with van der Waals surface area (Å²) >= 11 is 0. The number of hydrogen-bond acceptors (Lipinski definition) is 3. The van der Waals surface area contributed by atoms with Gasteiger partial charge in [0, 0.05) is 35.4 Å². The van der Waals surface area contributed by atoms with Crippen LogP contribution in [0.4, 0.5) is 0 Å². The molecule has 3 unspecified atom stereocenters. The van der Waals surface area contributed by atoms with E-state index in [1.165, 1.54) is 0 Å². The lowest BCUT2D eigenvalue weighted by atomic mass is 10.1. The zero-order chi connectivity index (χ0) is 9.30. The van der Waals surface area contributed by atoms with Crippen LogP contribution in [0.2, 0.25) is 0 Å². The van der Waals surface area contributed by atoms with Crippen molar-refractivity contribution in [3.63, 3.8) is 0 Å². The number of nitrogens with zero attached hydrogens (tertiary/aromatic N) is 1. The molecular weight excluding hydrogens is 176 g/mol. The molecule has 4 nitrogen and oxygen atoms in total. The third-order valence-corrected chi connectivity index (χ3v) is 2.95. The highest BCUT2D eigenvalue weighted by molar-refractivity contribution is 7.84. The van der Waals surface area contributed by atoms with E-state index in [9.17, 15) is 9.00 Å². The summed E-state index contributed by atoms with van der Waals surface area (Å²) in [6.45, 7) is 2.50. The molecule has 0 aromatic rings. The van der Waals surface area contributed by atoms with Gasteiger partial charge in [-0.2, -0.15) is 0 Å². The Morgan fingerprint density at radius 2 is 2.42 bits per heavy atom. The molecule has 1 amide bonds. The van der Waals surface area contributed by atoms with E-state index in [2.05, 4.69) is 0 Å². The second kappa shape index (κ2) is 3.53. The Bertz CT molecular complexity index is 219. The summed E-state index contributed by atoms with van der Waals surface area (Å²) in [5, 5.41) is 0. The Morgan fingerprint density at radius 1 is 1.83 bits per heavy atom. The maximum Gasteiger partial charge on any atom is 0.241 e. The molecule has 12 heavy (non-hydrogen) atoms. The van der Waals surface area contributed by atoms with E-state index in [4.69, 9.17) is 5.73 Å². The predicted molar refractivity (Wildman–Crippen MR) is 48.1 cm³/mol. The van der Waals surface area contributed by atoms with Gasteiger partial charge in [-0.15, -0.1) is 0 Å². The fraction of sp³-hybridized carbons (Fsp3) is 0.857. The van der Waals surface area contributed by atoms with Crippen LogP contribution in [0.5, 0.6) is 0 Å². The summed E-state index contributed by atoms with van der Waals surface area (Å²) < 4.78 is 10.8. The number of nitrogens with two attached hydrogens (primary N) is 1. The van der Waals surface area contributed by atoms with Gasteiger partial charge in [-0.1, -0.05) is 0 Å². The highest BCUT2D eigenvalue weighted by Gasteiger charge is 2.36. The number of amides is 1. The number of carbonyl (C=O) groups is 1. The Morgan fingerprint density at radius 3 is 2.75 bits per heavy atom. The minimum absolute atomic E-state index is 0.0204. The van der Waals surface area contributed by atoms with Crippen LogP contribution in [0.25, 0.3) is 0 Å². The van der Waals surface area contributed by atoms with Gasteiger partial charge in [0.05, 0.1) is 0 Å². The van der Waals surface area contributed by atoms with Gasteiger partial charge in [-0.25, -0.2) is 0 Å². The van der Waals surface area contributed by atoms with Crippen molar-refractivity contribution in [1.29, 1.82) is 0 Å². The Labute approximate surface area is 74.6 Å². The first-order chi connectivity index (χ1) is 5.52. The molecule has 0 saturated carbocycles. The third-order valence-electron chi connectivity index (χ3n) is 2.00. The summed E-state index contributed by atoms with van der Waals surface area (Å²) in [5.41, 5.74) is 5.41. The highest BCUT2D eigenvalue weighted by atomic mass is 32.2. The van der Waals surface area contributed by atoms with Crippen molar-refractivity contribution in [2.75, 3.05) is 18.6 Å². The van der Waals surface area contributed by atoms with E-state index in [0.717, 1.165) is 0 Å². The summed E-state index contributed by atoms with van der Waals surface area (Å²) in [5.74, 6) is 0.520. The highest BCUT2D eigenvalue weighted by Crippen LogP contribution is 2.12. The Hall–Kier alpha value is -0.420. The largest absolute Gasteiger partial charge is 0.336 e. The van der Waals surface area contributed by atoms with Crippen LogP contribution < -0.4 is 5.73 Å². The van der Waals surface area contributed by atoms with Crippen LogP contribution in [0, 0.1) is 0 Å². The van der Waals surface area contributed by atoms with Gasteiger partial charge in [0.1, 0.15) is 6.04 Å². The maximum atomic E-state index is 11.1. The average molecular weight is 190 g/mol. The molecule has 1 fully saturated rings. The lowest BCUT2D eigenvalue weighted by Gasteiger charge is -2.40. The van der Waals surface area contributed by atoms with Crippen LogP contribution in [0.1, 0.15) is 6.92 Å². The third kappa shape index (κ3) is 1.84. The SMILES string of the molecule is CC(CS(C)=O)N1CC(N)C1=O.